The van der Waals surface area contributed by atoms with E-state index in [1.165, 1.54) is 12.8 Å². The molecule has 15 heavy (non-hydrogen) atoms. The Morgan fingerprint density at radius 2 is 2.53 bits per heavy atom. The van der Waals surface area contributed by atoms with Crippen molar-refractivity contribution >= 4 is 17.5 Å². The van der Waals surface area contributed by atoms with E-state index >= 15 is 0 Å². The molecule has 0 aromatic carbocycles. The van der Waals surface area contributed by atoms with Crippen LogP contribution >= 0.6 is 11.6 Å². The molecule has 1 aliphatic rings. The lowest BCUT2D eigenvalue weighted by Gasteiger charge is -2.21. The maximum atomic E-state index is 5.81. The molecule has 5 heteroatoms. The summed E-state index contributed by atoms with van der Waals surface area (Å²) in [6, 6.07) is 2.24. The average molecular weight is 227 g/mol. The molecule has 0 bridgehead atoms. The fourth-order valence-corrected chi connectivity index (χ4v) is 1.97. The number of anilines is 1. The summed E-state index contributed by atoms with van der Waals surface area (Å²) in [6.07, 6.45) is 4.17. The van der Waals surface area contributed by atoms with Crippen LogP contribution in [0.5, 0.6) is 0 Å². The van der Waals surface area contributed by atoms with Crippen molar-refractivity contribution in [3.8, 4) is 0 Å². The molecule has 0 aliphatic carbocycles. The molecule has 82 valence electrons. The molecule has 0 amide bonds. The van der Waals surface area contributed by atoms with Gasteiger partial charge in [-0.25, -0.2) is 9.97 Å². The number of nitrogens with zero attached hydrogens (tertiary/aromatic N) is 3. The third-order valence-corrected chi connectivity index (χ3v) is 2.82. The highest BCUT2D eigenvalue weighted by molar-refractivity contribution is 6.29. The van der Waals surface area contributed by atoms with Gasteiger partial charge >= 0.3 is 0 Å². The summed E-state index contributed by atoms with van der Waals surface area (Å²) in [6.45, 7) is 2.05. The van der Waals surface area contributed by atoms with Crippen LogP contribution in [0.15, 0.2) is 12.3 Å². The van der Waals surface area contributed by atoms with E-state index in [4.69, 9.17) is 11.6 Å². The topological polar surface area (TPSA) is 41.0 Å². The van der Waals surface area contributed by atoms with Crippen LogP contribution in [0.3, 0.4) is 0 Å². The molecule has 0 radical (unpaired) electrons. The molecule has 1 aromatic rings. The third kappa shape index (κ3) is 2.79. The van der Waals surface area contributed by atoms with Gasteiger partial charge in [-0.05, 0) is 25.5 Å². The Morgan fingerprint density at radius 1 is 1.67 bits per heavy atom. The number of hydrogen-bond acceptors (Lipinski definition) is 4. The van der Waals surface area contributed by atoms with Gasteiger partial charge in [0.15, 0.2) is 0 Å². The molecule has 1 N–H and O–H groups in total. The van der Waals surface area contributed by atoms with E-state index in [1.807, 2.05) is 11.9 Å². The minimum absolute atomic E-state index is 0.492. The van der Waals surface area contributed by atoms with E-state index in [0.717, 1.165) is 13.1 Å². The number of aromatic nitrogens is 2. The van der Waals surface area contributed by atoms with Gasteiger partial charge in [0.25, 0.3) is 0 Å². The van der Waals surface area contributed by atoms with Crippen LogP contribution in [0.2, 0.25) is 5.15 Å². The van der Waals surface area contributed by atoms with Crippen LogP contribution in [0, 0.1) is 0 Å². The van der Waals surface area contributed by atoms with Gasteiger partial charge in [-0.1, -0.05) is 11.6 Å². The van der Waals surface area contributed by atoms with Crippen LogP contribution in [-0.4, -0.2) is 36.1 Å². The molecule has 0 saturated carbocycles. The van der Waals surface area contributed by atoms with Crippen molar-refractivity contribution < 1.29 is 0 Å². The van der Waals surface area contributed by atoms with Gasteiger partial charge in [0.05, 0.1) is 0 Å². The Balaban J connectivity index is 1.97. The van der Waals surface area contributed by atoms with Crippen molar-refractivity contribution in [2.45, 2.75) is 18.9 Å². The standard InChI is InChI=1S/C10H15ClN4/c1-15(7-8-3-2-5-12-8)10-13-6-4-9(11)14-10/h4,6,8,12H,2-3,5,7H2,1H3/t8-/m0/s1. The molecule has 1 fully saturated rings. The zero-order valence-electron chi connectivity index (χ0n) is 8.78. The summed E-state index contributed by atoms with van der Waals surface area (Å²) in [5.74, 6) is 0.691. The van der Waals surface area contributed by atoms with E-state index in [9.17, 15) is 0 Å². The lowest BCUT2D eigenvalue weighted by molar-refractivity contribution is 0.594. The molecule has 1 aliphatic heterocycles. The molecule has 4 nitrogen and oxygen atoms in total. The smallest absolute Gasteiger partial charge is 0.226 e. The minimum atomic E-state index is 0.492. The summed E-state index contributed by atoms with van der Waals surface area (Å²) in [5.41, 5.74) is 0. The zero-order valence-corrected chi connectivity index (χ0v) is 9.54. The van der Waals surface area contributed by atoms with Crippen molar-refractivity contribution in [1.82, 2.24) is 15.3 Å². The summed E-state index contributed by atoms with van der Waals surface area (Å²) < 4.78 is 0. The Labute approximate surface area is 94.7 Å². The van der Waals surface area contributed by atoms with Gasteiger partial charge in [0.1, 0.15) is 5.15 Å². The van der Waals surface area contributed by atoms with Gasteiger partial charge in [0, 0.05) is 25.8 Å². The van der Waals surface area contributed by atoms with Crippen LogP contribution in [-0.2, 0) is 0 Å². The molecule has 0 spiro atoms. The fraction of sp³-hybridized carbons (Fsp3) is 0.600. The first kappa shape index (κ1) is 10.6. The quantitative estimate of drug-likeness (QED) is 0.790. The van der Waals surface area contributed by atoms with E-state index in [-0.39, 0.29) is 0 Å². The number of hydrogen-bond donors (Lipinski definition) is 1. The highest BCUT2D eigenvalue weighted by Gasteiger charge is 2.17. The lowest BCUT2D eigenvalue weighted by atomic mass is 10.2. The lowest BCUT2D eigenvalue weighted by Crippen LogP contribution is -2.36. The fourth-order valence-electron chi connectivity index (χ4n) is 1.84. The molecule has 1 aromatic heterocycles. The van der Waals surface area contributed by atoms with Crippen LogP contribution in [0.1, 0.15) is 12.8 Å². The van der Waals surface area contributed by atoms with Gasteiger partial charge in [0.2, 0.25) is 5.95 Å². The molecular weight excluding hydrogens is 212 g/mol. The minimum Gasteiger partial charge on any atom is -0.342 e. The summed E-state index contributed by atoms with van der Waals surface area (Å²) in [5, 5.41) is 3.93. The molecule has 1 saturated heterocycles. The zero-order chi connectivity index (χ0) is 10.7. The Morgan fingerprint density at radius 3 is 3.20 bits per heavy atom. The van der Waals surface area contributed by atoms with Crippen molar-refractivity contribution in [3.05, 3.63) is 17.4 Å². The molecule has 2 rings (SSSR count). The third-order valence-electron chi connectivity index (χ3n) is 2.61. The van der Waals surface area contributed by atoms with Crippen LogP contribution in [0.4, 0.5) is 5.95 Å². The molecule has 1 atom stereocenters. The predicted molar refractivity (Wildman–Crippen MR) is 61.3 cm³/mol. The second kappa shape index (κ2) is 4.77. The highest BCUT2D eigenvalue weighted by atomic mass is 35.5. The summed E-state index contributed by atoms with van der Waals surface area (Å²) >= 11 is 5.81. The Hall–Kier alpha value is -0.870. The predicted octanol–water partition coefficient (Wildman–Crippen LogP) is 1.32. The van der Waals surface area contributed by atoms with Gasteiger partial charge in [-0.3, -0.25) is 0 Å². The maximum Gasteiger partial charge on any atom is 0.226 e. The first-order chi connectivity index (χ1) is 7.25. The normalized spacial score (nSPS) is 20.5. The van der Waals surface area contributed by atoms with Crippen LogP contribution < -0.4 is 10.2 Å². The SMILES string of the molecule is CN(C[C@@H]1CCCN1)c1nccc(Cl)n1. The van der Waals surface area contributed by atoms with E-state index in [0.29, 0.717) is 17.1 Å². The average Bonchev–Trinajstić information content (AvgIpc) is 2.70. The van der Waals surface area contributed by atoms with Crippen LogP contribution in [0.25, 0.3) is 0 Å². The van der Waals surface area contributed by atoms with E-state index in [2.05, 4.69) is 15.3 Å². The first-order valence-corrected chi connectivity index (χ1v) is 5.56. The number of nitrogens with one attached hydrogen (secondary N) is 1. The van der Waals surface area contributed by atoms with Crippen molar-refractivity contribution in [1.29, 1.82) is 0 Å². The largest absolute Gasteiger partial charge is 0.342 e. The summed E-state index contributed by atoms with van der Waals surface area (Å²) in [7, 11) is 1.99. The van der Waals surface area contributed by atoms with Gasteiger partial charge in [-0.15, -0.1) is 0 Å². The highest BCUT2D eigenvalue weighted by Crippen LogP contribution is 2.12. The van der Waals surface area contributed by atoms with Gasteiger partial charge < -0.3 is 10.2 Å². The van der Waals surface area contributed by atoms with Crippen molar-refractivity contribution in [2.75, 3.05) is 25.0 Å². The van der Waals surface area contributed by atoms with Crippen molar-refractivity contribution in [3.63, 3.8) is 0 Å². The van der Waals surface area contributed by atoms with E-state index in [1.54, 1.807) is 12.3 Å². The Kier molecular flexibility index (Phi) is 3.38. The Bertz CT molecular complexity index is 325. The molecular formula is C10H15ClN4. The maximum absolute atomic E-state index is 5.81. The van der Waals surface area contributed by atoms with E-state index < -0.39 is 0 Å². The van der Waals surface area contributed by atoms with Crippen molar-refractivity contribution in [2.24, 2.45) is 0 Å². The second-order valence-electron chi connectivity index (χ2n) is 3.85. The molecule has 0 unspecified atom stereocenters. The first-order valence-electron chi connectivity index (χ1n) is 5.19. The number of halogens is 1. The molecule has 2 heterocycles. The second-order valence-corrected chi connectivity index (χ2v) is 4.24. The number of rotatable bonds is 3. The monoisotopic (exact) mass is 226 g/mol. The van der Waals surface area contributed by atoms with Gasteiger partial charge in [-0.2, -0.15) is 0 Å². The number of likely N-dealkylation sites (N-methyl/N-ethyl adjacent to an activating group) is 1. The summed E-state index contributed by atoms with van der Waals surface area (Å²) in [4.78, 5) is 10.4.